The van der Waals surface area contributed by atoms with Gasteiger partial charge in [-0.05, 0) is 28.8 Å². The molecule has 7 nitrogen and oxygen atoms in total. The largest absolute Gasteiger partial charge is 0.481 e. The van der Waals surface area contributed by atoms with E-state index in [-0.39, 0.29) is 24.8 Å². The van der Waals surface area contributed by atoms with Crippen LogP contribution in [0.2, 0.25) is 0 Å². The summed E-state index contributed by atoms with van der Waals surface area (Å²) in [6, 6.07) is 23.4. The molecule has 4 aromatic rings. The maximum Gasteiger partial charge on any atom is 0.303 e. The molecule has 1 aromatic heterocycles. The monoisotopic (exact) mass is 450 g/mol. The summed E-state index contributed by atoms with van der Waals surface area (Å²) in [7, 11) is 0. The van der Waals surface area contributed by atoms with Crippen molar-refractivity contribution in [3.05, 3.63) is 96.3 Å². The Morgan fingerprint density at radius 3 is 2.32 bits per heavy atom. The Hall–Kier alpha value is -4.39. The molecule has 0 fully saturated rings. The van der Waals surface area contributed by atoms with Crippen LogP contribution in [-0.4, -0.2) is 37.7 Å². The van der Waals surface area contributed by atoms with Gasteiger partial charge in [-0.2, -0.15) is 5.10 Å². The third-order valence-corrected chi connectivity index (χ3v) is 5.92. The minimum absolute atomic E-state index is 0.115. The zero-order chi connectivity index (χ0) is 23.5. The first kappa shape index (κ1) is 21.5. The average Bonchev–Trinajstić information content (AvgIpc) is 3.33. The third-order valence-electron chi connectivity index (χ3n) is 5.92. The molecule has 34 heavy (non-hydrogen) atoms. The molecule has 1 atom stereocenters. The van der Waals surface area contributed by atoms with Crippen molar-refractivity contribution in [2.45, 2.75) is 25.3 Å². The fourth-order valence-corrected chi connectivity index (χ4v) is 4.28. The molecule has 0 spiro atoms. The molecular weight excluding hydrogens is 428 g/mol. The number of benzene rings is 3. The van der Waals surface area contributed by atoms with E-state index in [4.69, 9.17) is 10.2 Å². The predicted octanol–water partition coefficient (Wildman–Crippen LogP) is 4.84. The molecule has 5 rings (SSSR count). The third kappa shape index (κ3) is 4.28. The highest BCUT2D eigenvalue weighted by Gasteiger charge is 2.34. The second kappa shape index (κ2) is 9.23. The molecule has 1 aliphatic rings. The van der Waals surface area contributed by atoms with E-state index >= 15 is 0 Å². The van der Waals surface area contributed by atoms with Crippen LogP contribution >= 0.6 is 0 Å². The Balaban J connectivity index is 1.55. The van der Waals surface area contributed by atoms with Gasteiger partial charge < -0.3 is 5.11 Å². The molecule has 0 bridgehead atoms. The lowest BCUT2D eigenvalue weighted by Crippen LogP contribution is -2.27. The lowest BCUT2D eigenvalue weighted by atomic mass is 9.92. The zero-order valence-electron chi connectivity index (χ0n) is 18.3. The van der Waals surface area contributed by atoms with Gasteiger partial charge in [-0.15, -0.1) is 0 Å². The SMILES string of the molecule is O=C(O)CCC(=O)N1N=C(c2ccccc2-c2ccccc2)CC1c1ccc2nccnc2c1. The van der Waals surface area contributed by atoms with Crippen LogP contribution in [0.25, 0.3) is 22.2 Å². The lowest BCUT2D eigenvalue weighted by molar-refractivity contribution is -0.141. The first-order valence-electron chi connectivity index (χ1n) is 11.1. The molecule has 1 amide bonds. The van der Waals surface area contributed by atoms with Crippen molar-refractivity contribution in [2.75, 3.05) is 0 Å². The quantitative estimate of drug-likeness (QED) is 0.454. The van der Waals surface area contributed by atoms with Crippen molar-refractivity contribution >= 4 is 28.6 Å². The van der Waals surface area contributed by atoms with E-state index in [0.717, 1.165) is 39.0 Å². The molecule has 1 N–H and O–H groups in total. The predicted molar refractivity (Wildman–Crippen MR) is 129 cm³/mol. The number of aromatic nitrogens is 2. The van der Waals surface area contributed by atoms with Gasteiger partial charge >= 0.3 is 5.97 Å². The second-order valence-corrected chi connectivity index (χ2v) is 8.11. The molecule has 3 aromatic carbocycles. The molecule has 0 radical (unpaired) electrons. The van der Waals surface area contributed by atoms with Crippen LogP contribution in [0.4, 0.5) is 0 Å². The van der Waals surface area contributed by atoms with E-state index in [1.165, 1.54) is 5.01 Å². The summed E-state index contributed by atoms with van der Waals surface area (Å²) < 4.78 is 0. The number of aliphatic carboxylic acids is 1. The van der Waals surface area contributed by atoms with Gasteiger partial charge in [0.25, 0.3) is 0 Å². The second-order valence-electron chi connectivity index (χ2n) is 8.11. The molecule has 1 unspecified atom stereocenters. The zero-order valence-corrected chi connectivity index (χ0v) is 18.3. The van der Waals surface area contributed by atoms with Gasteiger partial charge in [0.05, 0.1) is 29.2 Å². The van der Waals surface area contributed by atoms with Gasteiger partial charge in [-0.1, -0.05) is 60.7 Å². The molecule has 1 aliphatic heterocycles. The summed E-state index contributed by atoms with van der Waals surface area (Å²) in [4.78, 5) is 32.9. The standard InChI is InChI=1S/C27H22N4O3/c32-26(12-13-27(33)34)31-25(19-10-11-22-24(16-19)29-15-14-28-22)17-23(30-31)21-9-5-4-8-20(21)18-6-2-1-3-7-18/h1-11,14-16,25H,12-13,17H2,(H,33,34). The van der Waals surface area contributed by atoms with Gasteiger partial charge in [-0.25, -0.2) is 5.01 Å². The van der Waals surface area contributed by atoms with Gasteiger partial charge in [0, 0.05) is 30.8 Å². The first-order chi connectivity index (χ1) is 16.6. The van der Waals surface area contributed by atoms with Crippen LogP contribution in [-0.2, 0) is 9.59 Å². The van der Waals surface area contributed by atoms with E-state index in [9.17, 15) is 9.59 Å². The van der Waals surface area contributed by atoms with E-state index in [2.05, 4.69) is 9.97 Å². The summed E-state index contributed by atoms with van der Waals surface area (Å²) in [6.45, 7) is 0. The summed E-state index contributed by atoms with van der Waals surface area (Å²) >= 11 is 0. The normalized spacial score (nSPS) is 15.4. The Labute approximate surface area is 196 Å². The number of hydrogen-bond acceptors (Lipinski definition) is 5. The van der Waals surface area contributed by atoms with Crippen molar-refractivity contribution in [3.8, 4) is 11.1 Å². The number of hydrazone groups is 1. The highest BCUT2D eigenvalue weighted by Crippen LogP contribution is 2.36. The van der Waals surface area contributed by atoms with Crippen LogP contribution in [0.1, 0.15) is 36.4 Å². The molecule has 2 heterocycles. The van der Waals surface area contributed by atoms with Gasteiger partial charge in [0.2, 0.25) is 5.91 Å². The lowest BCUT2D eigenvalue weighted by Gasteiger charge is -2.22. The van der Waals surface area contributed by atoms with E-state index in [0.29, 0.717) is 6.42 Å². The smallest absolute Gasteiger partial charge is 0.303 e. The maximum absolute atomic E-state index is 13.1. The Bertz CT molecular complexity index is 1400. The fourth-order valence-electron chi connectivity index (χ4n) is 4.28. The van der Waals surface area contributed by atoms with E-state index in [1.54, 1.807) is 12.4 Å². The maximum atomic E-state index is 13.1. The number of carboxylic acid groups (broad SMARTS) is 1. The first-order valence-corrected chi connectivity index (χ1v) is 11.1. The number of amides is 1. The number of nitrogens with zero attached hydrogens (tertiary/aromatic N) is 4. The molecule has 0 aliphatic carbocycles. The number of carbonyl (C=O) groups is 2. The topological polar surface area (TPSA) is 95.8 Å². The van der Waals surface area contributed by atoms with Crippen molar-refractivity contribution < 1.29 is 14.7 Å². The van der Waals surface area contributed by atoms with Gasteiger partial charge in [0.1, 0.15) is 0 Å². The average molecular weight is 450 g/mol. The Morgan fingerprint density at radius 1 is 0.853 bits per heavy atom. The van der Waals surface area contributed by atoms with Crippen LogP contribution in [0.3, 0.4) is 0 Å². The van der Waals surface area contributed by atoms with E-state index < -0.39 is 5.97 Å². The number of fused-ring (bicyclic) bond motifs is 1. The fraction of sp³-hybridized carbons (Fsp3) is 0.148. The molecule has 7 heteroatoms. The highest BCUT2D eigenvalue weighted by atomic mass is 16.4. The number of rotatable bonds is 6. The summed E-state index contributed by atoms with van der Waals surface area (Å²) in [5.41, 5.74) is 6.21. The van der Waals surface area contributed by atoms with Gasteiger partial charge in [-0.3, -0.25) is 19.6 Å². The summed E-state index contributed by atoms with van der Waals surface area (Å²) in [5.74, 6) is -1.33. The number of carboxylic acids is 1. The van der Waals surface area contributed by atoms with Crippen molar-refractivity contribution in [1.29, 1.82) is 0 Å². The van der Waals surface area contributed by atoms with Crippen molar-refractivity contribution in [3.63, 3.8) is 0 Å². The number of hydrogen-bond donors (Lipinski definition) is 1. The molecule has 168 valence electrons. The van der Waals surface area contributed by atoms with Gasteiger partial charge in [0.15, 0.2) is 0 Å². The molecule has 0 saturated carbocycles. The molecular formula is C27H22N4O3. The van der Waals surface area contributed by atoms with E-state index in [1.807, 2.05) is 72.8 Å². The Morgan fingerprint density at radius 2 is 1.56 bits per heavy atom. The summed E-state index contributed by atoms with van der Waals surface area (Å²) in [6.07, 6.45) is 3.43. The Kier molecular flexibility index (Phi) is 5.82. The molecule has 0 saturated heterocycles. The minimum Gasteiger partial charge on any atom is -0.481 e. The summed E-state index contributed by atoms with van der Waals surface area (Å²) in [5, 5.41) is 15.3. The van der Waals surface area contributed by atoms with Crippen molar-refractivity contribution in [2.24, 2.45) is 5.10 Å². The van der Waals surface area contributed by atoms with Crippen LogP contribution < -0.4 is 0 Å². The van der Waals surface area contributed by atoms with Crippen LogP contribution in [0, 0.1) is 0 Å². The van der Waals surface area contributed by atoms with Crippen molar-refractivity contribution in [1.82, 2.24) is 15.0 Å². The number of carbonyl (C=O) groups excluding carboxylic acids is 1. The van der Waals surface area contributed by atoms with Crippen LogP contribution in [0.15, 0.2) is 90.3 Å². The highest BCUT2D eigenvalue weighted by molar-refractivity contribution is 6.08. The van der Waals surface area contributed by atoms with Crippen LogP contribution in [0.5, 0.6) is 0 Å². The minimum atomic E-state index is -1.01.